The fraction of sp³-hybridized carbons (Fsp3) is 0.594. The lowest BCUT2D eigenvalue weighted by atomic mass is 9.49. The summed E-state index contributed by atoms with van der Waals surface area (Å²) in [6.07, 6.45) is 7.02. The lowest BCUT2D eigenvalue weighted by Gasteiger charge is -2.55. The molecule has 216 valence electrons. The van der Waals surface area contributed by atoms with Crippen molar-refractivity contribution in [1.82, 2.24) is 0 Å². The number of hydrogen-bond donors (Lipinski definition) is 4. The molecule has 1 heterocycles. The molecule has 2 bridgehead atoms. The summed E-state index contributed by atoms with van der Waals surface area (Å²) < 4.78 is 5.81. The van der Waals surface area contributed by atoms with Crippen molar-refractivity contribution in [2.24, 2.45) is 40.9 Å². The summed E-state index contributed by atoms with van der Waals surface area (Å²) >= 11 is 0. The number of ketones is 1. The van der Waals surface area contributed by atoms with Crippen LogP contribution in [0.4, 0.5) is 0 Å². The Hall–Kier alpha value is -2.81. The second-order valence-electron chi connectivity index (χ2n) is 12.9. The smallest absolute Gasteiger partial charge is 0.346 e. The molecule has 0 aromatic heterocycles. The van der Waals surface area contributed by atoms with Gasteiger partial charge in [0.2, 0.25) is 5.78 Å². The van der Waals surface area contributed by atoms with Crippen molar-refractivity contribution >= 4 is 18.0 Å². The minimum absolute atomic E-state index is 0.0332. The Morgan fingerprint density at radius 1 is 1.02 bits per heavy atom. The summed E-state index contributed by atoms with van der Waals surface area (Å²) in [5.41, 5.74) is -2.12. The van der Waals surface area contributed by atoms with Crippen LogP contribution < -0.4 is 0 Å². The van der Waals surface area contributed by atoms with E-state index >= 15 is 0 Å². The molecule has 5 rings (SSSR count). The van der Waals surface area contributed by atoms with Gasteiger partial charge in [0.1, 0.15) is 17.6 Å². The molecule has 0 unspecified atom stereocenters. The molecule has 1 aliphatic heterocycles. The zero-order chi connectivity index (χ0) is 29.3. The number of fused-ring (bicyclic) bond motifs is 4. The fourth-order valence-electron chi connectivity index (χ4n) is 8.42. The molecule has 4 N–H and O–H groups in total. The number of carbonyl (C=O) groups is 3. The molecule has 40 heavy (non-hydrogen) atoms. The van der Waals surface area contributed by atoms with Gasteiger partial charge >= 0.3 is 5.97 Å². The Kier molecular flexibility index (Phi) is 7.12. The third-order valence-electron chi connectivity index (χ3n) is 10.5. The van der Waals surface area contributed by atoms with E-state index in [2.05, 4.69) is 6.92 Å². The fourth-order valence-corrected chi connectivity index (χ4v) is 8.42. The van der Waals surface area contributed by atoms with E-state index < -0.39 is 58.5 Å². The van der Waals surface area contributed by atoms with Gasteiger partial charge in [-0.1, -0.05) is 50.6 Å². The number of ether oxygens (including phenoxy) is 1. The van der Waals surface area contributed by atoms with Crippen LogP contribution in [0.25, 0.3) is 0 Å². The van der Waals surface area contributed by atoms with E-state index in [1.807, 2.05) is 39.0 Å². The van der Waals surface area contributed by atoms with Crippen molar-refractivity contribution < 1.29 is 39.5 Å². The maximum atomic E-state index is 14.3. The van der Waals surface area contributed by atoms with Gasteiger partial charge in [-0.25, -0.2) is 4.79 Å². The van der Waals surface area contributed by atoms with Crippen molar-refractivity contribution in [2.75, 3.05) is 0 Å². The zero-order valence-electron chi connectivity index (χ0n) is 23.7. The quantitative estimate of drug-likeness (QED) is 0.168. The molecule has 4 aliphatic carbocycles. The molecule has 0 aromatic rings. The maximum Gasteiger partial charge on any atom is 0.346 e. The molecule has 2 fully saturated rings. The standard InChI is InChI=1S/C32H40O8/c1-15-6-9-23(34)16(2)11-22-24(35)12-19(14-33)13-32(22)29(38)25(30(39)40-32)28(37)31(5)21(15)8-7-20-26(31)17(3)10-18(4)27(20)36/h6-8,11-12,14,17-18,20-24,26-27,34-37H,9-10,13H2,1-5H3/b15-6+,16-11+,28-25?/t17-,18-,20-,21-,22+,23+,24-,26+,27-,31+,32-/m0/s1. The number of allylic oxidation sites excluding steroid dienone is 3. The minimum Gasteiger partial charge on any atom is -0.511 e. The summed E-state index contributed by atoms with van der Waals surface area (Å²) in [5, 5.41) is 45.4. The summed E-state index contributed by atoms with van der Waals surface area (Å²) in [4.78, 5) is 39.7. The minimum atomic E-state index is -1.94. The average Bonchev–Trinajstić information content (AvgIpc) is 3.14. The molecule has 1 spiro atoms. The second kappa shape index (κ2) is 9.93. The first-order valence-electron chi connectivity index (χ1n) is 14.2. The van der Waals surface area contributed by atoms with Gasteiger partial charge in [-0.3, -0.25) is 9.59 Å². The van der Waals surface area contributed by atoms with E-state index in [1.54, 1.807) is 13.0 Å². The lowest BCUT2D eigenvalue weighted by molar-refractivity contribution is -0.159. The Morgan fingerprint density at radius 2 is 1.73 bits per heavy atom. The van der Waals surface area contributed by atoms with E-state index in [0.717, 1.165) is 5.57 Å². The highest BCUT2D eigenvalue weighted by molar-refractivity contribution is 6.26. The van der Waals surface area contributed by atoms with E-state index in [9.17, 15) is 34.8 Å². The molecule has 5 aliphatic rings. The zero-order valence-corrected chi connectivity index (χ0v) is 23.7. The van der Waals surface area contributed by atoms with Gasteiger partial charge in [0.25, 0.3) is 0 Å². The number of hydrogen-bond acceptors (Lipinski definition) is 8. The largest absolute Gasteiger partial charge is 0.511 e. The summed E-state index contributed by atoms with van der Waals surface area (Å²) in [6.45, 7) is 9.50. The number of aliphatic hydroxyl groups is 4. The van der Waals surface area contributed by atoms with Gasteiger partial charge < -0.3 is 25.2 Å². The first kappa shape index (κ1) is 28.7. The number of aliphatic hydroxyl groups excluding tert-OH is 4. The van der Waals surface area contributed by atoms with Gasteiger partial charge in [-0.05, 0) is 61.7 Å². The van der Waals surface area contributed by atoms with Gasteiger partial charge in [0, 0.05) is 23.7 Å². The molecule has 11 atom stereocenters. The predicted octanol–water partition coefficient (Wildman–Crippen LogP) is 3.29. The number of Topliss-reactive ketones (excluding diaryl/α,β-unsaturated/α-hetero) is 1. The van der Waals surface area contributed by atoms with Crippen LogP contribution >= 0.6 is 0 Å². The molecule has 0 aromatic carbocycles. The Bertz CT molecular complexity index is 1290. The molecular formula is C32H40O8. The highest BCUT2D eigenvalue weighted by atomic mass is 16.6. The summed E-state index contributed by atoms with van der Waals surface area (Å²) in [5.74, 6) is -4.22. The Morgan fingerprint density at radius 3 is 2.40 bits per heavy atom. The maximum absolute atomic E-state index is 14.3. The third-order valence-corrected chi connectivity index (χ3v) is 10.5. The second-order valence-corrected chi connectivity index (χ2v) is 12.9. The first-order valence-corrected chi connectivity index (χ1v) is 14.2. The van der Waals surface area contributed by atoms with Crippen molar-refractivity contribution in [3.05, 3.63) is 58.4 Å². The van der Waals surface area contributed by atoms with Crippen molar-refractivity contribution in [3.8, 4) is 0 Å². The van der Waals surface area contributed by atoms with E-state index in [1.165, 1.54) is 6.08 Å². The summed E-state index contributed by atoms with van der Waals surface area (Å²) in [6, 6.07) is 0. The molecule has 8 heteroatoms. The molecule has 0 radical (unpaired) electrons. The summed E-state index contributed by atoms with van der Waals surface area (Å²) in [7, 11) is 0. The number of carbonyl (C=O) groups excluding carboxylic acids is 3. The normalized spacial score (nSPS) is 48.0. The number of esters is 1. The van der Waals surface area contributed by atoms with Crippen LogP contribution in [0, 0.1) is 40.9 Å². The third kappa shape index (κ3) is 4.02. The topological polar surface area (TPSA) is 141 Å². The highest BCUT2D eigenvalue weighted by Crippen LogP contribution is 2.60. The van der Waals surface area contributed by atoms with Crippen molar-refractivity contribution in [3.63, 3.8) is 0 Å². The van der Waals surface area contributed by atoms with Crippen molar-refractivity contribution in [2.45, 2.75) is 77.8 Å². The number of rotatable bonds is 1. The average molecular weight is 553 g/mol. The van der Waals surface area contributed by atoms with Gasteiger partial charge in [0.15, 0.2) is 5.60 Å². The lowest BCUT2D eigenvalue weighted by Crippen LogP contribution is -2.54. The highest BCUT2D eigenvalue weighted by Gasteiger charge is 2.64. The SMILES string of the molecule is C/C1=C\[C@@H]2[C@@H](O)C=C(C=O)C[C@]23OC(=O)C(=C(O)[C@@]2(C)[C@H]4[C@H](C=C[C@H]2/C(C)=C/C[C@H]1O)[C@@H](O)[C@@H](C)C[C@@H]4C)C3=O. The monoisotopic (exact) mass is 552 g/mol. The van der Waals surface area contributed by atoms with E-state index in [0.29, 0.717) is 18.3 Å². The van der Waals surface area contributed by atoms with Gasteiger partial charge in [-0.15, -0.1) is 0 Å². The van der Waals surface area contributed by atoms with Crippen LogP contribution in [0.1, 0.15) is 53.9 Å². The van der Waals surface area contributed by atoms with Crippen LogP contribution in [-0.2, 0) is 19.1 Å². The molecular weight excluding hydrogens is 512 g/mol. The predicted molar refractivity (Wildman–Crippen MR) is 147 cm³/mol. The van der Waals surface area contributed by atoms with E-state index in [-0.39, 0.29) is 47.8 Å². The number of aldehydes is 1. The molecule has 1 saturated heterocycles. The molecule has 0 amide bonds. The molecule has 8 nitrogen and oxygen atoms in total. The van der Waals surface area contributed by atoms with Crippen LogP contribution in [-0.4, -0.2) is 62.4 Å². The van der Waals surface area contributed by atoms with Gasteiger partial charge in [0.05, 0.1) is 24.2 Å². The van der Waals surface area contributed by atoms with E-state index in [4.69, 9.17) is 4.74 Å². The van der Waals surface area contributed by atoms with Crippen LogP contribution in [0.15, 0.2) is 58.4 Å². The van der Waals surface area contributed by atoms with Crippen LogP contribution in [0.3, 0.4) is 0 Å². The van der Waals surface area contributed by atoms with Crippen LogP contribution in [0.5, 0.6) is 0 Å². The Labute approximate surface area is 234 Å². The van der Waals surface area contributed by atoms with Gasteiger partial charge in [-0.2, -0.15) is 0 Å². The molecule has 1 saturated carbocycles. The Balaban J connectivity index is 1.79. The van der Waals surface area contributed by atoms with Crippen molar-refractivity contribution in [1.29, 1.82) is 0 Å². The first-order chi connectivity index (χ1) is 18.8. The van der Waals surface area contributed by atoms with Crippen LogP contribution in [0.2, 0.25) is 0 Å².